The Kier molecular flexibility index (Phi) is 8.96. The van der Waals surface area contributed by atoms with Gasteiger partial charge in [0, 0.05) is 32.6 Å². The lowest BCUT2D eigenvalue weighted by Gasteiger charge is -2.26. The molecular weight excluding hydrogens is 364 g/mol. The molecule has 1 saturated heterocycles. The van der Waals surface area contributed by atoms with E-state index in [9.17, 15) is 4.79 Å². The van der Waals surface area contributed by atoms with E-state index in [2.05, 4.69) is 32.8 Å². The predicted molar refractivity (Wildman–Crippen MR) is 118 cm³/mol. The minimum Gasteiger partial charge on any atom is -0.379 e. The van der Waals surface area contributed by atoms with Crippen molar-refractivity contribution < 1.29 is 9.53 Å². The summed E-state index contributed by atoms with van der Waals surface area (Å²) in [5, 5.41) is 3.07. The fraction of sp³-hybridized carbons (Fsp3) is 0.652. The van der Waals surface area contributed by atoms with Crippen LogP contribution in [0, 0.1) is 0 Å². The van der Waals surface area contributed by atoms with Crippen LogP contribution in [0.25, 0.3) is 11.0 Å². The number of nitrogens with one attached hydrogen (secondary N) is 1. The van der Waals surface area contributed by atoms with E-state index in [1.807, 2.05) is 18.2 Å². The molecule has 0 unspecified atom stereocenters. The Balaban J connectivity index is 1.53. The Morgan fingerprint density at radius 2 is 1.76 bits per heavy atom. The lowest BCUT2D eigenvalue weighted by Crippen LogP contribution is -2.38. The van der Waals surface area contributed by atoms with Crippen molar-refractivity contribution >= 4 is 22.9 Å². The van der Waals surface area contributed by atoms with Gasteiger partial charge in [0.25, 0.3) is 0 Å². The van der Waals surface area contributed by atoms with Gasteiger partial charge in [-0.2, -0.15) is 0 Å². The molecule has 3 rings (SSSR count). The molecule has 1 aliphatic heterocycles. The summed E-state index contributed by atoms with van der Waals surface area (Å²) in [6, 6.07) is 8.10. The van der Waals surface area contributed by atoms with Crippen molar-refractivity contribution in [1.29, 1.82) is 0 Å². The number of nitrogens with zero attached hydrogens (tertiary/aromatic N) is 3. The molecule has 1 aliphatic rings. The third-order valence-corrected chi connectivity index (χ3v) is 5.66. The molecule has 2 aromatic rings. The van der Waals surface area contributed by atoms with Crippen LogP contribution in [0.3, 0.4) is 0 Å². The summed E-state index contributed by atoms with van der Waals surface area (Å²) < 4.78 is 7.59. The first-order valence-corrected chi connectivity index (χ1v) is 11.3. The number of carbonyl (C=O) groups excluding carboxylic acids is 1. The van der Waals surface area contributed by atoms with Gasteiger partial charge in [-0.1, -0.05) is 57.6 Å². The van der Waals surface area contributed by atoms with Gasteiger partial charge < -0.3 is 9.30 Å². The molecule has 0 atom stereocenters. The quantitative estimate of drug-likeness (QED) is 0.535. The first-order valence-electron chi connectivity index (χ1n) is 11.3. The van der Waals surface area contributed by atoms with Crippen LogP contribution < -0.4 is 5.32 Å². The summed E-state index contributed by atoms with van der Waals surface area (Å²) in [4.78, 5) is 19.6. The van der Waals surface area contributed by atoms with Gasteiger partial charge in [0.1, 0.15) is 0 Å². The summed E-state index contributed by atoms with van der Waals surface area (Å²) in [5.74, 6) is 0.744. The number of amides is 1. The predicted octanol–water partition coefficient (Wildman–Crippen LogP) is 4.45. The van der Waals surface area contributed by atoms with Crippen molar-refractivity contribution in [2.45, 2.75) is 64.8 Å². The Morgan fingerprint density at radius 3 is 2.55 bits per heavy atom. The first kappa shape index (κ1) is 21.8. The Labute approximate surface area is 174 Å². The zero-order valence-corrected chi connectivity index (χ0v) is 17.9. The molecule has 1 N–H and O–H groups in total. The van der Waals surface area contributed by atoms with E-state index < -0.39 is 0 Å². The minimum atomic E-state index is 0.0708. The van der Waals surface area contributed by atoms with Gasteiger partial charge in [-0.05, 0) is 18.6 Å². The average molecular weight is 401 g/mol. The van der Waals surface area contributed by atoms with Crippen LogP contribution >= 0.6 is 0 Å². The lowest BCUT2D eigenvalue weighted by molar-refractivity contribution is -0.116. The molecule has 29 heavy (non-hydrogen) atoms. The van der Waals surface area contributed by atoms with Crippen molar-refractivity contribution in [3.63, 3.8) is 0 Å². The number of fused-ring (bicyclic) bond motifs is 1. The number of hydrogen-bond donors (Lipinski definition) is 1. The number of para-hydroxylation sites is 2. The normalized spacial score (nSPS) is 15.1. The van der Waals surface area contributed by atoms with Gasteiger partial charge in [-0.25, -0.2) is 4.98 Å². The Bertz CT molecular complexity index is 752. The molecule has 0 saturated carbocycles. The van der Waals surface area contributed by atoms with Crippen LogP contribution in [0.5, 0.6) is 0 Å². The molecular formula is C23H36N4O2. The van der Waals surface area contributed by atoms with E-state index in [0.29, 0.717) is 12.4 Å². The van der Waals surface area contributed by atoms with Crippen LogP contribution in [0.2, 0.25) is 0 Å². The topological polar surface area (TPSA) is 59.4 Å². The number of ether oxygens (including phenoxy) is 1. The maximum Gasteiger partial charge on any atom is 0.226 e. The zero-order valence-electron chi connectivity index (χ0n) is 17.9. The van der Waals surface area contributed by atoms with E-state index in [0.717, 1.165) is 63.3 Å². The number of benzene rings is 1. The van der Waals surface area contributed by atoms with Crippen molar-refractivity contribution in [3.8, 4) is 0 Å². The van der Waals surface area contributed by atoms with Gasteiger partial charge in [0.15, 0.2) is 0 Å². The van der Waals surface area contributed by atoms with Crippen molar-refractivity contribution in [2.75, 3.05) is 38.2 Å². The lowest BCUT2D eigenvalue weighted by atomic mass is 10.1. The number of unbranched alkanes of at least 4 members (excludes halogenated alkanes) is 6. The van der Waals surface area contributed by atoms with Crippen LogP contribution in [-0.2, 0) is 16.1 Å². The second-order valence-electron chi connectivity index (χ2n) is 7.95. The van der Waals surface area contributed by atoms with Gasteiger partial charge in [-0.15, -0.1) is 0 Å². The van der Waals surface area contributed by atoms with Crippen LogP contribution in [0.1, 0.15) is 58.3 Å². The third kappa shape index (κ3) is 6.82. The highest BCUT2D eigenvalue weighted by Crippen LogP contribution is 2.20. The summed E-state index contributed by atoms with van der Waals surface area (Å²) in [6.07, 6.45) is 9.07. The number of carbonyl (C=O) groups is 1. The second-order valence-corrected chi connectivity index (χ2v) is 7.95. The molecule has 160 valence electrons. The molecule has 0 spiro atoms. The number of hydrogen-bond acceptors (Lipinski definition) is 4. The SMILES string of the molecule is CCCCCCCCCC(=O)Nc1nc2ccccc2n1CCN1CCOCC1. The molecule has 6 nitrogen and oxygen atoms in total. The second kappa shape index (κ2) is 11.9. The summed E-state index contributed by atoms with van der Waals surface area (Å²) in [6.45, 7) is 7.51. The summed E-state index contributed by atoms with van der Waals surface area (Å²) in [5.41, 5.74) is 2.01. The maximum atomic E-state index is 12.5. The van der Waals surface area contributed by atoms with E-state index in [-0.39, 0.29) is 5.91 Å². The first-order chi connectivity index (χ1) is 14.3. The minimum absolute atomic E-state index is 0.0708. The highest BCUT2D eigenvalue weighted by atomic mass is 16.5. The van der Waals surface area contributed by atoms with E-state index >= 15 is 0 Å². The smallest absolute Gasteiger partial charge is 0.226 e. The van der Waals surface area contributed by atoms with Crippen LogP contribution in [0.15, 0.2) is 24.3 Å². The summed E-state index contributed by atoms with van der Waals surface area (Å²) >= 11 is 0. The van der Waals surface area contributed by atoms with Crippen molar-refractivity contribution in [1.82, 2.24) is 14.5 Å². The highest BCUT2D eigenvalue weighted by molar-refractivity contribution is 5.91. The van der Waals surface area contributed by atoms with Gasteiger partial charge in [0.05, 0.1) is 24.2 Å². The highest BCUT2D eigenvalue weighted by Gasteiger charge is 2.15. The largest absolute Gasteiger partial charge is 0.379 e. The molecule has 1 aromatic carbocycles. The average Bonchev–Trinajstić information content (AvgIpc) is 3.09. The van der Waals surface area contributed by atoms with E-state index in [1.54, 1.807) is 0 Å². The molecule has 0 radical (unpaired) electrons. The molecule has 1 amide bonds. The fourth-order valence-electron chi connectivity index (χ4n) is 3.89. The monoisotopic (exact) mass is 400 g/mol. The Morgan fingerprint density at radius 1 is 1.03 bits per heavy atom. The van der Waals surface area contributed by atoms with Crippen molar-refractivity contribution in [2.24, 2.45) is 0 Å². The summed E-state index contributed by atoms with van der Waals surface area (Å²) in [7, 11) is 0. The molecule has 0 aliphatic carbocycles. The number of anilines is 1. The maximum absolute atomic E-state index is 12.5. The Hall–Kier alpha value is -1.92. The zero-order chi connectivity index (χ0) is 20.3. The molecule has 1 fully saturated rings. The van der Waals surface area contributed by atoms with Gasteiger partial charge >= 0.3 is 0 Å². The standard InChI is InChI=1S/C23H36N4O2/c1-2-3-4-5-6-7-8-13-22(28)25-23-24-20-11-9-10-12-21(20)27(23)15-14-26-16-18-29-19-17-26/h9-12H,2-8,13-19H2,1H3,(H,24,25,28). The molecule has 6 heteroatoms. The van der Waals surface area contributed by atoms with Gasteiger partial charge in [-0.3, -0.25) is 15.0 Å². The number of rotatable bonds is 12. The van der Waals surface area contributed by atoms with Crippen LogP contribution in [0.4, 0.5) is 5.95 Å². The van der Waals surface area contributed by atoms with E-state index in [4.69, 9.17) is 4.74 Å². The number of aromatic nitrogens is 2. The van der Waals surface area contributed by atoms with Gasteiger partial charge in [0.2, 0.25) is 11.9 Å². The van der Waals surface area contributed by atoms with Crippen molar-refractivity contribution in [3.05, 3.63) is 24.3 Å². The number of morpholine rings is 1. The van der Waals surface area contributed by atoms with E-state index in [1.165, 1.54) is 32.1 Å². The number of imidazole rings is 1. The molecule has 1 aromatic heterocycles. The third-order valence-electron chi connectivity index (χ3n) is 5.66. The fourth-order valence-corrected chi connectivity index (χ4v) is 3.89. The molecule has 2 heterocycles. The van der Waals surface area contributed by atoms with Crippen LogP contribution in [-0.4, -0.2) is 53.2 Å². The molecule has 0 bridgehead atoms.